The van der Waals surface area contributed by atoms with Gasteiger partial charge in [-0.15, -0.1) is 0 Å². The molecule has 3 aromatic rings. The first-order valence-electron chi connectivity index (χ1n) is 5.52. The first-order valence-corrected chi connectivity index (χ1v) is 5.52. The van der Waals surface area contributed by atoms with Crippen LogP contribution in [0.4, 0.5) is 5.82 Å². The summed E-state index contributed by atoms with van der Waals surface area (Å²) in [4.78, 5) is 8.11. The van der Waals surface area contributed by atoms with E-state index in [1.54, 1.807) is 12.3 Å². The summed E-state index contributed by atoms with van der Waals surface area (Å²) >= 11 is 0. The van der Waals surface area contributed by atoms with Gasteiger partial charge in [0.1, 0.15) is 12.1 Å². The van der Waals surface area contributed by atoms with Gasteiger partial charge in [-0.3, -0.25) is 0 Å². The third kappa shape index (κ3) is 1.82. The molecule has 0 aliphatic carbocycles. The lowest BCUT2D eigenvalue weighted by Crippen LogP contribution is -2.00. The fraction of sp³-hybridized carbons (Fsp3) is 0. The molecule has 0 radical (unpaired) electrons. The molecular weight excluding hydrogens is 226 g/mol. The fourth-order valence-electron chi connectivity index (χ4n) is 1.78. The molecule has 0 bridgehead atoms. The Morgan fingerprint density at radius 1 is 1.00 bits per heavy atom. The van der Waals surface area contributed by atoms with Gasteiger partial charge in [0.25, 0.3) is 0 Å². The minimum absolute atomic E-state index is 0.445. The van der Waals surface area contributed by atoms with Gasteiger partial charge in [0.05, 0.1) is 23.3 Å². The zero-order valence-corrected chi connectivity index (χ0v) is 9.56. The second-order valence-corrected chi connectivity index (χ2v) is 3.79. The molecule has 0 fully saturated rings. The van der Waals surface area contributed by atoms with E-state index in [1.807, 2.05) is 41.1 Å². The van der Waals surface area contributed by atoms with Crippen molar-refractivity contribution in [2.45, 2.75) is 0 Å². The third-order valence-electron chi connectivity index (χ3n) is 2.59. The summed E-state index contributed by atoms with van der Waals surface area (Å²) in [5.41, 5.74) is 8.29. The number of hydrogen-bond donors (Lipinski definition) is 1. The zero-order chi connectivity index (χ0) is 12.4. The number of aromatic nitrogens is 4. The molecule has 0 saturated heterocycles. The molecule has 18 heavy (non-hydrogen) atoms. The van der Waals surface area contributed by atoms with Gasteiger partial charge in [0, 0.05) is 6.07 Å². The maximum absolute atomic E-state index is 5.67. The summed E-state index contributed by atoms with van der Waals surface area (Å²) in [6, 6.07) is 13.5. The van der Waals surface area contributed by atoms with E-state index in [1.165, 1.54) is 6.33 Å². The highest BCUT2D eigenvalue weighted by Crippen LogP contribution is 2.20. The van der Waals surface area contributed by atoms with E-state index in [0.29, 0.717) is 5.82 Å². The van der Waals surface area contributed by atoms with Gasteiger partial charge in [-0.2, -0.15) is 5.10 Å². The van der Waals surface area contributed by atoms with Gasteiger partial charge in [-0.05, 0) is 18.2 Å². The molecule has 0 atom stereocenters. The van der Waals surface area contributed by atoms with Crippen molar-refractivity contribution in [3.05, 3.63) is 55.0 Å². The Morgan fingerprint density at radius 2 is 1.83 bits per heavy atom. The lowest BCUT2D eigenvalue weighted by Gasteiger charge is -2.06. The summed E-state index contributed by atoms with van der Waals surface area (Å²) in [5, 5.41) is 4.31. The summed E-state index contributed by atoms with van der Waals surface area (Å²) in [5.74, 6) is 0.445. The van der Waals surface area contributed by atoms with Crippen LogP contribution in [0.5, 0.6) is 0 Å². The van der Waals surface area contributed by atoms with Crippen LogP contribution in [0, 0.1) is 0 Å². The number of benzene rings is 1. The predicted molar refractivity (Wildman–Crippen MR) is 69.0 cm³/mol. The van der Waals surface area contributed by atoms with Crippen molar-refractivity contribution < 1.29 is 0 Å². The van der Waals surface area contributed by atoms with Crippen LogP contribution in [-0.2, 0) is 0 Å². The molecule has 5 nitrogen and oxygen atoms in total. The zero-order valence-electron chi connectivity index (χ0n) is 9.56. The smallest absolute Gasteiger partial charge is 0.127 e. The maximum atomic E-state index is 5.67. The van der Waals surface area contributed by atoms with Crippen LogP contribution in [0.1, 0.15) is 0 Å². The predicted octanol–water partition coefficient (Wildman–Crippen LogP) is 1.91. The second kappa shape index (κ2) is 4.29. The van der Waals surface area contributed by atoms with Crippen molar-refractivity contribution in [3.63, 3.8) is 0 Å². The van der Waals surface area contributed by atoms with Crippen LogP contribution >= 0.6 is 0 Å². The van der Waals surface area contributed by atoms with E-state index >= 15 is 0 Å². The number of para-hydroxylation sites is 1. The number of nitrogens with two attached hydrogens (primary N) is 1. The molecule has 1 aromatic carbocycles. The largest absolute Gasteiger partial charge is 0.384 e. The molecule has 2 N–H and O–H groups in total. The molecule has 0 saturated carbocycles. The summed E-state index contributed by atoms with van der Waals surface area (Å²) in [6.07, 6.45) is 3.19. The molecule has 0 unspecified atom stereocenters. The highest BCUT2D eigenvalue weighted by atomic mass is 15.3. The van der Waals surface area contributed by atoms with E-state index in [9.17, 15) is 0 Å². The van der Waals surface area contributed by atoms with E-state index < -0.39 is 0 Å². The Bertz CT molecular complexity index is 660. The summed E-state index contributed by atoms with van der Waals surface area (Å²) < 4.78 is 1.82. The number of anilines is 1. The fourth-order valence-corrected chi connectivity index (χ4v) is 1.78. The normalized spacial score (nSPS) is 10.4. The summed E-state index contributed by atoms with van der Waals surface area (Å²) in [6.45, 7) is 0. The lowest BCUT2D eigenvalue weighted by molar-refractivity contribution is 0.883. The Hall–Kier alpha value is -2.69. The van der Waals surface area contributed by atoms with Gasteiger partial charge < -0.3 is 5.73 Å². The van der Waals surface area contributed by atoms with Gasteiger partial charge in [0.15, 0.2) is 0 Å². The standard InChI is InChI=1S/C13H11N5/c14-13-8-11(15-9-16-13)12-6-7-17-18(12)10-4-2-1-3-5-10/h1-9H,(H2,14,15,16). The Morgan fingerprint density at radius 3 is 2.61 bits per heavy atom. The SMILES string of the molecule is Nc1cc(-c2ccnn2-c2ccccc2)ncn1. The molecule has 2 aromatic heterocycles. The maximum Gasteiger partial charge on any atom is 0.127 e. The topological polar surface area (TPSA) is 69.6 Å². The number of hydrogen-bond acceptors (Lipinski definition) is 4. The quantitative estimate of drug-likeness (QED) is 0.739. The average molecular weight is 237 g/mol. The Balaban J connectivity index is 2.13. The molecule has 0 aliphatic heterocycles. The van der Waals surface area contributed by atoms with Crippen molar-refractivity contribution in [2.24, 2.45) is 0 Å². The first kappa shape index (κ1) is 10.5. The molecule has 0 aliphatic rings. The van der Waals surface area contributed by atoms with Crippen molar-refractivity contribution in [1.29, 1.82) is 0 Å². The van der Waals surface area contributed by atoms with E-state index in [4.69, 9.17) is 5.73 Å². The average Bonchev–Trinajstić information content (AvgIpc) is 2.89. The molecule has 3 rings (SSSR count). The van der Waals surface area contributed by atoms with Crippen molar-refractivity contribution in [3.8, 4) is 17.1 Å². The van der Waals surface area contributed by atoms with E-state index in [-0.39, 0.29) is 0 Å². The van der Waals surface area contributed by atoms with Crippen LogP contribution in [0.15, 0.2) is 55.0 Å². The molecular formula is C13H11N5. The van der Waals surface area contributed by atoms with E-state index in [2.05, 4.69) is 15.1 Å². The highest BCUT2D eigenvalue weighted by Gasteiger charge is 2.08. The second-order valence-electron chi connectivity index (χ2n) is 3.79. The third-order valence-corrected chi connectivity index (χ3v) is 2.59. The van der Waals surface area contributed by atoms with E-state index in [0.717, 1.165) is 17.1 Å². The van der Waals surface area contributed by atoms with Crippen molar-refractivity contribution in [1.82, 2.24) is 19.7 Å². The lowest BCUT2D eigenvalue weighted by atomic mass is 10.2. The highest BCUT2D eigenvalue weighted by molar-refractivity contribution is 5.59. The van der Waals surface area contributed by atoms with Crippen LogP contribution < -0.4 is 5.73 Å². The van der Waals surface area contributed by atoms with Crippen LogP contribution in [0.2, 0.25) is 0 Å². The molecule has 0 spiro atoms. The summed E-state index contributed by atoms with van der Waals surface area (Å²) in [7, 11) is 0. The molecule has 88 valence electrons. The molecule has 0 amide bonds. The van der Waals surface area contributed by atoms with Crippen molar-refractivity contribution >= 4 is 5.82 Å². The monoisotopic (exact) mass is 237 g/mol. The van der Waals surface area contributed by atoms with Gasteiger partial charge in [-0.1, -0.05) is 18.2 Å². The van der Waals surface area contributed by atoms with Crippen LogP contribution in [0.3, 0.4) is 0 Å². The molecule has 5 heteroatoms. The first-order chi connectivity index (χ1) is 8.84. The van der Waals surface area contributed by atoms with Crippen molar-refractivity contribution in [2.75, 3.05) is 5.73 Å². The minimum Gasteiger partial charge on any atom is -0.384 e. The minimum atomic E-state index is 0.445. The van der Waals surface area contributed by atoms with Gasteiger partial charge >= 0.3 is 0 Å². The van der Waals surface area contributed by atoms with Gasteiger partial charge in [-0.25, -0.2) is 14.6 Å². The Kier molecular flexibility index (Phi) is 2.49. The van der Waals surface area contributed by atoms with Crippen LogP contribution in [0.25, 0.3) is 17.1 Å². The van der Waals surface area contributed by atoms with Gasteiger partial charge in [0.2, 0.25) is 0 Å². The number of nitrogen functional groups attached to an aromatic ring is 1. The number of nitrogens with zero attached hydrogens (tertiary/aromatic N) is 4. The Labute approximate surface area is 104 Å². The number of rotatable bonds is 2. The van der Waals surface area contributed by atoms with Crippen LogP contribution in [-0.4, -0.2) is 19.7 Å². The molecule has 2 heterocycles.